The van der Waals surface area contributed by atoms with Gasteiger partial charge in [-0.3, -0.25) is 4.68 Å². The Morgan fingerprint density at radius 3 is 2.75 bits per heavy atom. The fourth-order valence-corrected chi connectivity index (χ4v) is 1.99. The molecule has 0 aliphatic rings. The maximum atomic E-state index is 10.7. The summed E-state index contributed by atoms with van der Waals surface area (Å²) in [6.45, 7) is 5.67. The van der Waals surface area contributed by atoms with Gasteiger partial charge in [0, 0.05) is 18.8 Å². The first-order valence-corrected chi connectivity index (χ1v) is 6.50. The largest absolute Gasteiger partial charge is 0.477 e. The van der Waals surface area contributed by atoms with Crippen LogP contribution in [-0.2, 0) is 6.54 Å². The standard InChI is InChI=1S/C14H18N4O2/c1-10-8-11(2)18(17-10)7-3-6-15-12-4-5-13(14(19)20)16-9-12/h4-5,8-9,15H,3,6-7H2,1-2H3,(H,19,20). The Hall–Kier alpha value is -2.37. The van der Waals surface area contributed by atoms with Crippen molar-refractivity contribution in [3.05, 3.63) is 41.5 Å². The number of aromatic carboxylic acids is 1. The minimum Gasteiger partial charge on any atom is -0.477 e. The van der Waals surface area contributed by atoms with Gasteiger partial charge in [-0.2, -0.15) is 5.10 Å². The van der Waals surface area contributed by atoms with Crippen molar-refractivity contribution in [1.29, 1.82) is 0 Å². The van der Waals surface area contributed by atoms with Crippen molar-refractivity contribution in [2.75, 3.05) is 11.9 Å². The first-order chi connectivity index (χ1) is 9.56. The van der Waals surface area contributed by atoms with E-state index in [2.05, 4.69) is 21.5 Å². The van der Waals surface area contributed by atoms with Crippen molar-refractivity contribution >= 4 is 11.7 Å². The molecule has 0 fully saturated rings. The minimum absolute atomic E-state index is 0.0539. The van der Waals surface area contributed by atoms with Crippen LogP contribution in [0.4, 0.5) is 5.69 Å². The summed E-state index contributed by atoms with van der Waals surface area (Å²) in [5.74, 6) is -1.01. The van der Waals surface area contributed by atoms with E-state index in [0.717, 1.165) is 36.6 Å². The number of carboxylic acids is 1. The second-order valence-corrected chi connectivity index (χ2v) is 4.67. The molecule has 6 heteroatoms. The van der Waals surface area contributed by atoms with Crippen LogP contribution < -0.4 is 5.32 Å². The summed E-state index contributed by atoms with van der Waals surface area (Å²) in [4.78, 5) is 14.5. The second kappa shape index (κ2) is 6.18. The number of nitrogens with one attached hydrogen (secondary N) is 1. The van der Waals surface area contributed by atoms with E-state index in [9.17, 15) is 4.79 Å². The molecule has 2 N–H and O–H groups in total. The first kappa shape index (κ1) is 14.0. The molecular weight excluding hydrogens is 256 g/mol. The number of rotatable bonds is 6. The lowest BCUT2D eigenvalue weighted by Crippen LogP contribution is -2.09. The molecule has 0 saturated carbocycles. The molecule has 0 amide bonds. The van der Waals surface area contributed by atoms with Crippen molar-refractivity contribution in [3.8, 4) is 0 Å². The van der Waals surface area contributed by atoms with Crippen LogP contribution in [-0.4, -0.2) is 32.4 Å². The van der Waals surface area contributed by atoms with Gasteiger partial charge in [0.2, 0.25) is 0 Å². The van der Waals surface area contributed by atoms with Gasteiger partial charge < -0.3 is 10.4 Å². The van der Waals surface area contributed by atoms with Crippen molar-refractivity contribution < 1.29 is 9.90 Å². The maximum Gasteiger partial charge on any atom is 0.354 e. The fourth-order valence-electron chi connectivity index (χ4n) is 1.99. The number of aryl methyl sites for hydroxylation is 3. The molecule has 106 valence electrons. The highest BCUT2D eigenvalue weighted by Crippen LogP contribution is 2.07. The van der Waals surface area contributed by atoms with Gasteiger partial charge in [0.15, 0.2) is 0 Å². The van der Waals surface area contributed by atoms with Crippen molar-refractivity contribution in [2.45, 2.75) is 26.8 Å². The van der Waals surface area contributed by atoms with Gasteiger partial charge in [-0.1, -0.05) is 0 Å². The SMILES string of the molecule is Cc1cc(C)n(CCCNc2ccc(C(=O)O)nc2)n1. The first-order valence-electron chi connectivity index (χ1n) is 6.50. The van der Waals surface area contributed by atoms with Crippen LogP contribution in [0.3, 0.4) is 0 Å². The highest BCUT2D eigenvalue weighted by molar-refractivity contribution is 5.85. The Balaban J connectivity index is 1.78. The zero-order chi connectivity index (χ0) is 14.5. The number of anilines is 1. The smallest absolute Gasteiger partial charge is 0.354 e. The summed E-state index contributed by atoms with van der Waals surface area (Å²) >= 11 is 0. The third-order valence-electron chi connectivity index (χ3n) is 2.96. The number of hydrogen-bond donors (Lipinski definition) is 2. The quantitative estimate of drug-likeness (QED) is 0.788. The number of hydrogen-bond acceptors (Lipinski definition) is 4. The van der Waals surface area contributed by atoms with Gasteiger partial charge in [-0.15, -0.1) is 0 Å². The zero-order valence-corrected chi connectivity index (χ0v) is 11.6. The number of carboxylic acid groups (broad SMARTS) is 1. The highest BCUT2D eigenvalue weighted by atomic mass is 16.4. The Bertz CT molecular complexity index is 590. The molecule has 20 heavy (non-hydrogen) atoms. The van der Waals surface area contributed by atoms with E-state index >= 15 is 0 Å². The fraction of sp³-hybridized carbons (Fsp3) is 0.357. The molecule has 0 atom stereocenters. The highest BCUT2D eigenvalue weighted by Gasteiger charge is 2.03. The summed E-state index contributed by atoms with van der Waals surface area (Å²) in [5.41, 5.74) is 3.07. The van der Waals surface area contributed by atoms with Gasteiger partial charge in [-0.25, -0.2) is 9.78 Å². The van der Waals surface area contributed by atoms with E-state index in [-0.39, 0.29) is 5.69 Å². The number of carbonyl (C=O) groups is 1. The molecule has 0 aliphatic carbocycles. The van der Waals surface area contributed by atoms with Gasteiger partial charge in [0.05, 0.1) is 17.6 Å². The lowest BCUT2D eigenvalue weighted by Gasteiger charge is -2.07. The molecule has 0 spiro atoms. The Morgan fingerprint density at radius 1 is 1.40 bits per heavy atom. The van der Waals surface area contributed by atoms with Crippen LogP contribution >= 0.6 is 0 Å². The van der Waals surface area contributed by atoms with Gasteiger partial charge in [0.1, 0.15) is 5.69 Å². The number of aromatic nitrogens is 3. The number of nitrogens with zero attached hydrogens (tertiary/aromatic N) is 3. The average molecular weight is 274 g/mol. The predicted molar refractivity (Wildman–Crippen MR) is 76.0 cm³/mol. The molecular formula is C14H18N4O2. The monoisotopic (exact) mass is 274 g/mol. The van der Waals surface area contributed by atoms with Crippen LogP contribution in [0, 0.1) is 13.8 Å². The van der Waals surface area contributed by atoms with Crippen LogP contribution in [0.15, 0.2) is 24.4 Å². The lowest BCUT2D eigenvalue weighted by molar-refractivity contribution is 0.0690. The van der Waals surface area contributed by atoms with Crippen LogP contribution in [0.5, 0.6) is 0 Å². The van der Waals surface area contributed by atoms with E-state index < -0.39 is 5.97 Å². The van der Waals surface area contributed by atoms with E-state index in [0.29, 0.717) is 0 Å². The predicted octanol–water partition coefficient (Wildman–Crippen LogP) is 2.10. The average Bonchev–Trinajstić information content (AvgIpc) is 2.73. The van der Waals surface area contributed by atoms with E-state index in [1.807, 2.05) is 18.5 Å². The molecule has 0 aromatic carbocycles. The third kappa shape index (κ3) is 3.57. The van der Waals surface area contributed by atoms with Gasteiger partial charge in [0.25, 0.3) is 0 Å². The molecule has 0 aliphatic heterocycles. The normalized spacial score (nSPS) is 10.5. The topological polar surface area (TPSA) is 80.0 Å². The number of pyridine rings is 1. The maximum absolute atomic E-state index is 10.7. The third-order valence-corrected chi connectivity index (χ3v) is 2.96. The van der Waals surface area contributed by atoms with Gasteiger partial charge >= 0.3 is 5.97 Å². The van der Waals surface area contributed by atoms with Crippen LogP contribution in [0.25, 0.3) is 0 Å². The summed E-state index contributed by atoms with van der Waals surface area (Å²) in [6.07, 6.45) is 2.47. The summed E-state index contributed by atoms with van der Waals surface area (Å²) in [7, 11) is 0. The lowest BCUT2D eigenvalue weighted by atomic mass is 10.3. The van der Waals surface area contributed by atoms with Crippen LogP contribution in [0.2, 0.25) is 0 Å². The molecule has 2 aromatic heterocycles. The zero-order valence-electron chi connectivity index (χ0n) is 11.6. The second-order valence-electron chi connectivity index (χ2n) is 4.67. The summed E-state index contributed by atoms with van der Waals surface area (Å²) in [5, 5.41) is 16.4. The van der Waals surface area contributed by atoms with Crippen molar-refractivity contribution in [1.82, 2.24) is 14.8 Å². The van der Waals surface area contributed by atoms with Crippen molar-refractivity contribution in [3.63, 3.8) is 0 Å². The minimum atomic E-state index is -1.01. The summed E-state index contributed by atoms with van der Waals surface area (Å²) in [6, 6.07) is 5.27. The molecule has 2 aromatic rings. The molecule has 6 nitrogen and oxygen atoms in total. The molecule has 0 saturated heterocycles. The van der Waals surface area contributed by atoms with Crippen molar-refractivity contribution in [2.24, 2.45) is 0 Å². The molecule has 0 unspecified atom stereocenters. The van der Waals surface area contributed by atoms with E-state index in [1.165, 1.54) is 12.3 Å². The summed E-state index contributed by atoms with van der Waals surface area (Å²) < 4.78 is 1.99. The van der Waals surface area contributed by atoms with E-state index in [1.54, 1.807) is 6.07 Å². The molecule has 2 heterocycles. The molecule has 0 radical (unpaired) electrons. The Kier molecular flexibility index (Phi) is 4.34. The Morgan fingerprint density at radius 2 is 2.20 bits per heavy atom. The van der Waals surface area contributed by atoms with Crippen LogP contribution in [0.1, 0.15) is 28.3 Å². The molecule has 0 bridgehead atoms. The Labute approximate surface area is 117 Å². The molecule has 2 rings (SSSR count). The van der Waals surface area contributed by atoms with Gasteiger partial charge in [-0.05, 0) is 38.5 Å². The van der Waals surface area contributed by atoms with E-state index in [4.69, 9.17) is 5.11 Å².